The maximum atomic E-state index is 12.4. The van der Waals surface area contributed by atoms with E-state index in [0.717, 1.165) is 42.2 Å². The third-order valence-electron chi connectivity index (χ3n) is 3.85. The number of hydrogen-bond acceptors (Lipinski definition) is 4. The van der Waals surface area contributed by atoms with E-state index in [9.17, 15) is 4.79 Å². The summed E-state index contributed by atoms with van der Waals surface area (Å²) in [7, 11) is 0. The zero-order valence-electron chi connectivity index (χ0n) is 12.5. The van der Waals surface area contributed by atoms with E-state index in [1.807, 2.05) is 35.0 Å². The van der Waals surface area contributed by atoms with Gasteiger partial charge in [0.25, 0.3) is 0 Å². The van der Waals surface area contributed by atoms with Crippen LogP contribution in [0.4, 0.5) is 0 Å². The molecule has 5 nitrogen and oxygen atoms in total. The quantitative estimate of drug-likeness (QED) is 0.874. The van der Waals surface area contributed by atoms with Crippen LogP contribution in [0.3, 0.4) is 0 Å². The zero-order chi connectivity index (χ0) is 14.8. The molecule has 3 rings (SSSR count). The number of likely N-dealkylation sites (tertiary alicyclic amines) is 1. The first kappa shape index (κ1) is 14.3. The monoisotopic (exact) mass is 304 g/mol. The fourth-order valence-corrected chi connectivity index (χ4v) is 3.40. The third kappa shape index (κ3) is 3.32. The van der Waals surface area contributed by atoms with Gasteiger partial charge in [-0.3, -0.25) is 9.48 Å². The minimum absolute atomic E-state index is 0.175. The van der Waals surface area contributed by atoms with E-state index >= 15 is 0 Å². The molecule has 2 aromatic heterocycles. The van der Waals surface area contributed by atoms with Gasteiger partial charge in [-0.2, -0.15) is 5.10 Å². The summed E-state index contributed by atoms with van der Waals surface area (Å²) in [4.78, 5) is 18.8. The summed E-state index contributed by atoms with van der Waals surface area (Å²) in [6, 6.07) is 0.300. The second-order valence-corrected chi connectivity index (χ2v) is 6.73. The molecule has 112 valence electrons. The molecule has 0 saturated carbocycles. The molecule has 1 unspecified atom stereocenters. The highest BCUT2D eigenvalue weighted by Crippen LogP contribution is 2.22. The molecule has 1 aliphatic rings. The molecule has 1 fully saturated rings. The van der Waals surface area contributed by atoms with Gasteiger partial charge in [-0.15, -0.1) is 11.3 Å². The Morgan fingerprint density at radius 1 is 1.48 bits per heavy atom. The van der Waals surface area contributed by atoms with E-state index in [0.29, 0.717) is 12.5 Å². The van der Waals surface area contributed by atoms with Crippen molar-refractivity contribution in [2.75, 3.05) is 13.1 Å². The number of thiazole rings is 1. The molecule has 0 aromatic carbocycles. The minimum atomic E-state index is 0.175. The molecule has 0 spiro atoms. The van der Waals surface area contributed by atoms with Crippen LogP contribution >= 0.6 is 11.3 Å². The van der Waals surface area contributed by atoms with Crippen LogP contribution in [0.5, 0.6) is 0 Å². The fraction of sp³-hybridized carbons (Fsp3) is 0.533. The summed E-state index contributed by atoms with van der Waals surface area (Å²) < 4.78 is 2.00. The van der Waals surface area contributed by atoms with Crippen molar-refractivity contribution >= 4 is 17.2 Å². The molecule has 0 N–H and O–H groups in total. The van der Waals surface area contributed by atoms with Crippen molar-refractivity contribution in [3.05, 3.63) is 34.0 Å². The molecule has 1 atom stereocenters. The summed E-state index contributed by atoms with van der Waals surface area (Å²) in [6.07, 6.45) is 6.46. The van der Waals surface area contributed by atoms with E-state index in [1.165, 1.54) is 0 Å². The predicted octanol–water partition coefficient (Wildman–Crippen LogP) is 2.36. The number of aryl methyl sites for hydroxylation is 2. The Bertz CT molecular complexity index is 633. The number of carbonyl (C=O) groups excluding carboxylic acids is 1. The molecule has 0 aliphatic carbocycles. The topological polar surface area (TPSA) is 51.0 Å². The molecule has 6 heteroatoms. The first-order valence-electron chi connectivity index (χ1n) is 7.31. The van der Waals surface area contributed by atoms with Gasteiger partial charge >= 0.3 is 0 Å². The molecule has 0 bridgehead atoms. The molecule has 1 amide bonds. The van der Waals surface area contributed by atoms with Crippen molar-refractivity contribution in [1.82, 2.24) is 19.7 Å². The number of hydrogen-bond donors (Lipinski definition) is 0. The van der Waals surface area contributed by atoms with Gasteiger partial charge in [-0.1, -0.05) is 0 Å². The maximum Gasteiger partial charge on any atom is 0.228 e. The lowest BCUT2D eigenvalue weighted by atomic mass is 10.1. The van der Waals surface area contributed by atoms with Gasteiger partial charge in [0.05, 0.1) is 29.4 Å². The molecule has 3 heterocycles. The van der Waals surface area contributed by atoms with Gasteiger partial charge in [0.2, 0.25) is 5.91 Å². The SMILES string of the molecule is Cc1cnn(C2CCCN(C(=O)Cc3csc(C)n3)C2)c1. The van der Waals surface area contributed by atoms with Crippen molar-refractivity contribution < 1.29 is 4.79 Å². The Kier molecular flexibility index (Phi) is 4.05. The summed E-state index contributed by atoms with van der Waals surface area (Å²) >= 11 is 1.60. The number of aromatic nitrogens is 3. The first-order chi connectivity index (χ1) is 10.1. The van der Waals surface area contributed by atoms with E-state index in [2.05, 4.69) is 16.3 Å². The number of piperidine rings is 1. The van der Waals surface area contributed by atoms with Crippen LogP contribution in [0.25, 0.3) is 0 Å². The van der Waals surface area contributed by atoms with Gasteiger partial charge in [0, 0.05) is 24.7 Å². The van der Waals surface area contributed by atoms with E-state index < -0.39 is 0 Å². The van der Waals surface area contributed by atoms with Crippen LogP contribution in [0.1, 0.15) is 35.1 Å². The Hall–Kier alpha value is -1.69. The maximum absolute atomic E-state index is 12.4. The molecular weight excluding hydrogens is 284 g/mol. The summed E-state index contributed by atoms with van der Waals surface area (Å²) in [5.74, 6) is 0.175. The van der Waals surface area contributed by atoms with Crippen LogP contribution in [0, 0.1) is 13.8 Å². The van der Waals surface area contributed by atoms with Gasteiger partial charge in [0.1, 0.15) is 0 Å². The lowest BCUT2D eigenvalue weighted by Crippen LogP contribution is -2.41. The standard InChI is InChI=1S/C15H20N4OS/c1-11-7-16-19(8-11)14-4-3-5-18(9-14)15(20)6-13-10-21-12(2)17-13/h7-8,10,14H,3-6,9H2,1-2H3. The largest absolute Gasteiger partial charge is 0.340 e. The highest BCUT2D eigenvalue weighted by Gasteiger charge is 2.25. The normalized spacial score (nSPS) is 19.0. The number of nitrogens with zero attached hydrogens (tertiary/aromatic N) is 4. The number of carbonyl (C=O) groups is 1. The van der Waals surface area contributed by atoms with Crippen molar-refractivity contribution in [2.24, 2.45) is 0 Å². The van der Waals surface area contributed by atoms with Crippen LogP contribution in [0.15, 0.2) is 17.8 Å². The van der Waals surface area contributed by atoms with E-state index in [4.69, 9.17) is 0 Å². The smallest absolute Gasteiger partial charge is 0.228 e. The molecular formula is C15H20N4OS. The minimum Gasteiger partial charge on any atom is -0.340 e. The van der Waals surface area contributed by atoms with Crippen molar-refractivity contribution in [3.8, 4) is 0 Å². The lowest BCUT2D eigenvalue weighted by molar-refractivity contribution is -0.132. The fourth-order valence-electron chi connectivity index (χ4n) is 2.79. The highest BCUT2D eigenvalue weighted by molar-refractivity contribution is 7.09. The Labute approximate surface area is 128 Å². The lowest BCUT2D eigenvalue weighted by Gasteiger charge is -2.32. The van der Waals surface area contributed by atoms with Crippen LogP contribution < -0.4 is 0 Å². The average Bonchev–Trinajstić information content (AvgIpc) is 3.08. The average molecular weight is 304 g/mol. The van der Waals surface area contributed by atoms with Crippen molar-refractivity contribution in [2.45, 2.75) is 39.2 Å². The summed E-state index contributed by atoms with van der Waals surface area (Å²) in [6.45, 7) is 5.61. The first-order valence-corrected chi connectivity index (χ1v) is 8.19. The molecule has 0 radical (unpaired) electrons. The van der Waals surface area contributed by atoms with Gasteiger partial charge in [-0.05, 0) is 32.3 Å². The molecule has 21 heavy (non-hydrogen) atoms. The summed E-state index contributed by atoms with van der Waals surface area (Å²) in [5.41, 5.74) is 2.05. The van der Waals surface area contributed by atoms with Gasteiger partial charge in [0.15, 0.2) is 0 Å². The third-order valence-corrected chi connectivity index (χ3v) is 4.68. The van der Waals surface area contributed by atoms with Crippen molar-refractivity contribution in [3.63, 3.8) is 0 Å². The molecule has 1 aliphatic heterocycles. The molecule has 2 aromatic rings. The Morgan fingerprint density at radius 3 is 3.00 bits per heavy atom. The van der Waals surface area contributed by atoms with Gasteiger partial charge in [-0.25, -0.2) is 4.98 Å². The van der Waals surface area contributed by atoms with Crippen LogP contribution in [-0.2, 0) is 11.2 Å². The van der Waals surface area contributed by atoms with Gasteiger partial charge < -0.3 is 4.90 Å². The second-order valence-electron chi connectivity index (χ2n) is 5.67. The second kappa shape index (κ2) is 5.97. The molecule has 1 saturated heterocycles. The van der Waals surface area contributed by atoms with Crippen molar-refractivity contribution in [1.29, 1.82) is 0 Å². The number of rotatable bonds is 3. The summed E-state index contributed by atoms with van der Waals surface area (Å²) in [5, 5.41) is 7.38. The Morgan fingerprint density at radius 2 is 2.33 bits per heavy atom. The zero-order valence-corrected chi connectivity index (χ0v) is 13.3. The van der Waals surface area contributed by atoms with E-state index in [-0.39, 0.29) is 5.91 Å². The van der Waals surface area contributed by atoms with Crippen LogP contribution in [-0.4, -0.2) is 38.7 Å². The number of amides is 1. The predicted molar refractivity (Wildman–Crippen MR) is 82.4 cm³/mol. The van der Waals surface area contributed by atoms with E-state index in [1.54, 1.807) is 11.3 Å². The van der Waals surface area contributed by atoms with Crippen LogP contribution in [0.2, 0.25) is 0 Å². The highest BCUT2D eigenvalue weighted by atomic mass is 32.1. The Balaban J connectivity index is 1.64.